The van der Waals surface area contributed by atoms with Crippen LogP contribution in [0.4, 0.5) is 5.69 Å². The highest BCUT2D eigenvalue weighted by atomic mass is 35.5. The molecule has 188 valence electrons. The first-order valence-electron chi connectivity index (χ1n) is 12.3. The molecule has 0 fully saturated rings. The Kier molecular flexibility index (Phi) is 6.95. The maximum absolute atomic E-state index is 13.6. The number of para-hydroxylation sites is 2. The van der Waals surface area contributed by atoms with E-state index in [0.29, 0.717) is 22.9 Å². The summed E-state index contributed by atoms with van der Waals surface area (Å²) in [4.78, 5) is 13.5. The van der Waals surface area contributed by atoms with Gasteiger partial charge in [0.05, 0.1) is 23.2 Å². The fourth-order valence-corrected chi connectivity index (χ4v) is 6.56. The van der Waals surface area contributed by atoms with Crippen molar-refractivity contribution in [1.29, 1.82) is 0 Å². The summed E-state index contributed by atoms with van der Waals surface area (Å²) in [6.45, 7) is 1.90. The predicted molar refractivity (Wildman–Crippen MR) is 141 cm³/mol. The number of fused-ring (bicyclic) bond motifs is 2. The van der Waals surface area contributed by atoms with Crippen LogP contribution >= 0.6 is 11.6 Å². The molecule has 2 aliphatic rings. The SMILES string of the molecule is CC[C@H](NC(=O)[C@@H]1CN(S(=O)(=O)c2ccc(Cl)cc2)c2ccccc2O1)c1ccc2c(c1)CCCC2. The molecule has 1 aliphatic carbocycles. The lowest BCUT2D eigenvalue weighted by atomic mass is 9.88. The Labute approximate surface area is 217 Å². The molecule has 0 aromatic heterocycles. The van der Waals surface area contributed by atoms with Gasteiger partial charge in [-0.1, -0.05) is 48.9 Å². The largest absolute Gasteiger partial charge is 0.476 e. The van der Waals surface area contributed by atoms with Crippen LogP contribution in [0.2, 0.25) is 5.02 Å². The molecule has 0 saturated heterocycles. The second-order valence-electron chi connectivity index (χ2n) is 9.27. The molecule has 1 N–H and O–H groups in total. The zero-order chi connectivity index (χ0) is 25.3. The number of sulfonamides is 1. The molecular formula is C28H29ClN2O4S. The van der Waals surface area contributed by atoms with Gasteiger partial charge >= 0.3 is 0 Å². The lowest BCUT2D eigenvalue weighted by molar-refractivity contribution is -0.128. The number of ether oxygens (including phenoxy) is 1. The molecule has 1 heterocycles. The number of nitrogens with zero attached hydrogens (tertiary/aromatic N) is 1. The van der Waals surface area contributed by atoms with E-state index in [2.05, 4.69) is 23.5 Å². The van der Waals surface area contributed by atoms with Gasteiger partial charge in [0.25, 0.3) is 15.9 Å². The Morgan fingerprint density at radius 2 is 1.78 bits per heavy atom. The van der Waals surface area contributed by atoms with Gasteiger partial charge in [0.2, 0.25) is 0 Å². The van der Waals surface area contributed by atoms with Gasteiger partial charge in [-0.3, -0.25) is 9.10 Å². The van der Waals surface area contributed by atoms with Crippen molar-refractivity contribution >= 4 is 33.2 Å². The van der Waals surface area contributed by atoms with Crippen molar-refractivity contribution in [2.24, 2.45) is 0 Å². The molecule has 0 saturated carbocycles. The van der Waals surface area contributed by atoms with Crippen LogP contribution in [-0.2, 0) is 27.7 Å². The van der Waals surface area contributed by atoms with Crippen molar-refractivity contribution in [1.82, 2.24) is 5.32 Å². The van der Waals surface area contributed by atoms with Gasteiger partial charge in [-0.05, 0) is 85.2 Å². The number of aryl methyl sites for hydroxylation is 2. The first-order chi connectivity index (χ1) is 17.4. The van der Waals surface area contributed by atoms with Crippen LogP contribution in [0.5, 0.6) is 5.75 Å². The maximum Gasteiger partial charge on any atom is 0.264 e. The third-order valence-corrected chi connectivity index (χ3v) is 8.97. The minimum Gasteiger partial charge on any atom is -0.476 e. The summed E-state index contributed by atoms with van der Waals surface area (Å²) >= 11 is 5.96. The summed E-state index contributed by atoms with van der Waals surface area (Å²) < 4.78 is 34.4. The van der Waals surface area contributed by atoms with Crippen LogP contribution in [0.1, 0.15) is 48.9 Å². The molecule has 0 spiro atoms. The fraction of sp³-hybridized carbons (Fsp3) is 0.321. The summed E-state index contributed by atoms with van der Waals surface area (Å²) in [6.07, 6.45) is 4.29. The second kappa shape index (κ2) is 10.1. The summed E-state index contributed by atoms with van der Waals surface area (Å²) in [6, 6.07) is 19.2. The van der Waals surface area contributed by atoms with Crippen molar-refractivity contribution in [3.63, 3.8) is 0 Å². The van der Waals surface area contributed by atoms with E-state index in [9.17, 15) is 13.2 Å². The first-order valence-corrected chi connectivity index (χ1v) is 14.1. The number of hydrogen-bond donors (Lipinski definition) is 1. The zero-order valence-electron chi connectivity index (χ0n) is 20.1. The summed E-state index contributed by atoms with van der Waals surface area (Å²) in [5, 5.41) is 3.55. The number of nitrogens with one attached hydrogen (secondary N) is 1. The molecule has 3 aromatic rings. The molecular weight excluding hydrogens is 496 g/mol. The van der Waals surface area contributed by atoms with E-state index < -0.39 is 16.1 Å². The fourth-order valence-electron chi connectivity index (χ4n) is 4.96. The number of amides is 1. The van der Waals surface area contributed by atoms with Crippen LogP contribution in [0.15, 0.2) is 71.6 Å². The summed E-state index contributed by atoms with van der Waals surface area (Å²) in [5.74, 6) is 0.00801. The predicted octanol–water partition coefficient (Wildman–Crippen LogP) is 5.44. The molecule has 8 heteroatoms. The van der Waals surface area contributed by atoms with Crippen molar-refractivity contribution in [2.75, 3.05) is 10.8 Å². The molecule has 6 nitrogen and oxygen atoms in total. The lowest BCUT2D eigenvalue weighted by Gasteiger charge is -2.35. The van der Waals surface area contributed by atoms with Gasteiger partial charge in [-0.25, -0.2) is 8.42 Å². The Morgan fingerprint density at radius 3 is 2.53 bits per heavy atom. The minimum atomic E-state index is -3.94. The quantitative estimate of drug-likeness (QED) is 0.465. The van der Waals surface area contributed by atoms with E-state index in [-0.39, 0.29) is 23.4 Å². The van der Waals surface area contributed by atoms with Gasteiger partial charge in [0.1, 0.15) is 5.75 Å². The molecule has 0 unspecified atom stereocenters. The van der Waals surface area contributed by atoms with E-state index in [0.717, 1.165) is 18.4 Å². The number of hydrogen-bond acceptors (Lipinski definition) is 4. The molecule has 3 aromatic carbocycles. The van der Waals surface area contributed by atoms with Gasteiger partial charge in [0, 0.05) is 5.02 Å². The van der Waals surface area contributed by atoms with Gasteiger partial charge < -0.3 is 10.1 Å². The first kappa shape index (κ1) is 24.7. The minimum absolute atomic E-state index is 0.100. The number of carbonyl (C=O) groups excluding carboxylic acids is 1. The standard InChI is InChI=1S/C28H29ClN2O4S/c1-2-24(21-12-11-19-7-3-4-8-20(19)17-21)30-28(32)27-18-31(25-9-5-6-10-26(25)35-27)36(33,34)23-15-13-22(29)14-16-23/h5-6,9-17,24,27H,2-4,7-8,18H2,1H3,(H,30,32)/t24-,27-/m0/s1. The van der Waals surface area contributed by atoms with Crippen LogP contribution in [0, 0.1) is 0 Å². The average molecular weight is 525 g/mol. The number of anilines is 1. The van der Waals surface area contributed by atoms with Crippen molar-refractivity contribution in [2.45, 2.75) is 56.1 Å². The molecule has 0 bridgehead atoms. The number of halogens is 1. The van der Waals surface area contributed by atoms with E-state index >= 15 is 0 Å². The Bertz CT molecular complexity index is 1370. The van der Waals surface area contributed by atoms with Gasteiger partial charge in [0.15, 0.2) is 6.10 Å². The molecule has 2 atom stereocenters. The molecule has 1 aliphatic heterocycles. The molecule has 1 amide bonds. The Balaban J connectivity index is 1.40. The highest BCUT2D eigenvalue weighted by molar-refractivity contribution is 7.92. The van der Waals surface area contributed by atoms with Gasteiger partial charge in [-0.15, -0.1) is 0 Å². The smallest absolute Gasteiger partial charge is 0.264 e. The van der Waals surface area contributed by atoms with Crippen LogP contribution in [0.25, 0.3) is 0 Å². The number of carbonyl (C=O) groups is 1. The van der Waals surface area contributed by atoms with Gasteiger partial charge in [-0.2, -0.15) is 0 Å². The molecule has 36 heavy (non-hydrogen) atoms. The number of benzene rings is 3. The van der Waals surface area contributed by atoms with E-state index in [1.165, 1.54) is 52.5 Å². The lowest BCUT2D eigenvalue weighted by Crippen LogP contribution is -2.51. The summed E-state index contributed by atoms with van der Waals surface area (Å²) in [7, 11) is -3.94. The second-order valence-corrected chi connectivity index (χ2v) is 11.6. The Hall–Kier alpha value is -3.03. The third-order valence-electron chi connectivity index (χ3n) is 6.93. The van der Waals surface area contributed by atoms with Crippen molar-refractivity contribution < 1.29 is 17.9 Å². The monoisotopic (exact) mass is 524 g/mol. The van der Waals surface area contributed by atoms with Crippen molar-refractivity contribution in [3.8, 4) is 5.75 Å². The van der Waals surface area contributed by atoms with E-state index in [1.807, 2.05) is 6.92 Å². The highest BCUT2D eigenvalue weighted by Crippen LogP contribution is 2.37. The van der Waals surface area contributed by atoms with Crippen LogP contribution < -0.4 is 14.4 Å². The maximum atomic E-state index is 13.6. The van der Waals surface area contributed by atoms with Crippen LogP contribution in [-0.4, -0.2) is 27.0 Å². The Morgan fingerprint density at radius 1 is 1.06 bits per heavy atom. The van der Waals surface area contributed by atoms with E-state index in [4.69, 9.17) is 16.3 Å². The molecule has 5 rings (SSSR count). The van der Waals surface area contributed by atoms with E-state index in [1.54, 1.807) is 24.3 Å². The number of rotatable bonds is 6. The summed E-state index contributed by atoms with van der Waals surface area (Å²) in [5.41, 5.74) is 4.21. The highest BCUT2D eigenvalue weighted by Gasteiger charge is 2.38. The zero-order valence-corrected chi connectivity index (χ0v) is 21.7. The molecule has 0 radical (unpaired) electrons. The third kappa shape index (κ3) is 4.82. The van der Waals surface area contributed by atoms with Crippen LogP contribution in [0.3, 0.4) is 0 Å². The van der Waals surface area contributed by atoms with Crippen molar-refractivity contribution in [3.05, 3.63) is 88.4 Å². The average Bonchev–Trinajstić information content (AvgIpc) is 2.90. The normalized spacial score (nSPS) is 17.9. The topological polar surface area (TPSA) is 75.7 Å².